The molecule has 0 unspecified atom stereocenters. The standard InChI is InChI=1S/C12H17N3O4/c1-9(2)19-14-7-6-13-10(16)5-8-15-11(17)3-4-12(15)18/h3-4,7,9H,5-6,8H2,1-2H3,(H,13,16)/b14-7+. The molecular weight excluding hydrogens is 250 g/mol. The van der Waals surface area contributed by atoms with E-state index >= 15 is 0 Å². The molecule has 0 aromatic heterocycles. The summed E-state index contributed by atoms with van der Waals surface area (Å²) < 4.78 is 0. The maximum Gasteiger partial charge on any atom is 0.253 e. The van der Waals surface area contributed by atoms with Gasteiger partial charge in [0.1, 0.15) is 6.10 Å². The highest BCUT2D eigenvalue weighted by Crippen LogP contribution is 2.03. The summed E-state index contributed by atoms with van der Waals surface area (Å²) in [6, 6.07) is 0. The SMILES string of the molecule is CC(C)O/N=C/CNC(=O)CCN1C(=O)C=CC1=O. The van der Waals surface area contributed by atoms with Gasteiger partial charge in [-0.3, -0.25) is 19.3 Å². The molecule has 1 heterocycles. The van der Waals surface area contributed by atoms with Gasteiger partial charge in [0.15, 0.2) is 0 Å². The Morgan fingerprint density at radius 2 is 2.05 bits per heavy atom. The molecular formula is C12H17N3O4. The van der Waals surface area contributed by atoms with Crippen molar-refractivity contribution in [1.29, 1.82) is 0 Å². The Kier molecular flexibility index (Phi) is 5.72. The molecule has 1 aliphatic heterocycles. The van der Waals surface area contributed by atoms with Crippen LogP contribution in [0.4, 0.5) is 0 Å². The summed E-state index contributed by atoms with van der Waals surface area (Å²) in [5.74, 6) is -1.03. The van der Waals surface area contributed by atoms with Crippen molar-refractivity contribution < 1.29 is 19.2 Å². The van der Waals surface area contributed by atoms with Crippen LogP contribution in [0, 0.1) is 0 Å². The van der Waals surface area contributed by atoms with Gasteiger partial charge in [0.25, 0.3) is 11.8 Å². The van der Waals surface area contributed by atoms with E-state index in [1.165, 1.54) is 18.4 Å². The van der Waals surface area contributed by atoms with Crippen LogP contribution in [0.3, 0.4) is 0 Å². The Bertz CT molecular complexity index is 397. The average molecular weight is 267 g/mol. The second-order valence-corrected chi connectivity index (χ2v) is 4.16. The smallest absolute Gasteiger partial charge is 0.253 e. The number of nitrogens with zero attached hydrogens (tertiary/aromatic N) is 2. The van der Waals surface area contributed by atoms with Crippen LogP contribution < -0.4 is 5.32 Å². The fourth-order valence-electron chi connectivity index (χ4n) is 1.31. The van der Waals surface area contributed by atoms with Gasteiger partial charge < -0.3 is 10.2 Å². The summed E-state index contributed by atoms with van der Waals surface area (Å²) in [7, 11) is 0. The van der Waals surface area contributed by atoms with Gasteiger partial charge in [0.05, 0.1) is 12.8 Å². The molecule has 0 radical (unpaired) electrons. The van der Waals surface area contributed by atoms with Crippen LogP contribution in [-0.2, 0) is 19.2 Å². The van der Waals surface area contributed by atoms with Gasteiger partial charge in [-0.15, -0.1) is 0 Å². The van der Waals surface area contributed by atoms with Gasteiger partial charge in [-0.25, -0.2) is 0 Å². The fourth-order valence-corrected chi connectivity index (χ4v) is 1.31. The van der Waals surface area contributed by atoms with Gasteiger partial charge in [-0.1, -0.05) is 5.16 Å². The molecule has 0 saturated heterocycles. The van der Waals surface area contributed by atoms with Crippen molar-refractivity contribution >= 4 is 23.9 Å². The zero-order chi connectivity index (χ0) is 14.3. The molecule has 104 valence electrons. The normalized spacial score (nSPS) is 14.8. The topological polar surface area (TPSA) is 88.1 Å². The zero-order valence-corrected chi connectivity index (χ0v) is 11.0. The Morgan fingerprint density at radius 3 is 2.63 bits per heavy atom. The molecule has 0 bridgehead atoms. The number of amides is 3. The molecule has 0 spiro atoms. The van der Waals surface area contributed by atoms with Crippen LogP contribution >= 0.6 is 0 Å². The molecule has 0 fully saturated rings. The molecule has 0 aromatic carbocycles. The Hall–Kier alpha value is -2.18. The van der Waals surface area contributed by atoms with Gasteiger partial charge in [0.2, 0.25) is 5.91 Å². The maximum atomic E-state index is 11.4. The van der Waals surface area contributed by atoms with Crippen LogP contribution in [0.1, 0.15) is 20.3 Å². The number of rotatable bonds is 7. The van der Waals surface area contributed by atoms with Crippen LogP contribution in [0.25, 0.3) is 0 Å². The number of nitrogens with one attached hydrogen (secondary N) is 1. The summed E-state index contributed by atoms with van der Waals surface area (Å²) in [5, 5.41) is 6.21. The predicted octanol–water partition coefficient (Wildman–Crippen LogP) is -0.172. The lowest BCUT2D eigenvalue weighted by atomic mass is 10.3. The highest BCUT2D eigenvalue weighted by molar-refractivity contribution is 6.13. The van der Waals surface area contributed by atoms with E-state index in [1.807, 2.05) is 13.8 Å². The molecule has 19 heavy (non-hydrogen) atoms. The van der Waals surface area contributed by atoms with E-state index in [0.29, 0.717) is 0 Å². The number of hydrogen-bond acceptors (Lipinski definition) is 5. The first-order chi connectivity index (χ1) is 9.00. The van der Waals surface area contributed by atoms with Gasteiger partial charge >= 0.3 is 0 Å². The molecule has 7 nitrogen and oxygen atoms in total. The third-order valence-electron chi connectivity index (χ3n) is 2.20. The first-order valence-corrected chi connectivity index (χ1v) is 5.98. The number of carbonyl (C=O) groups excluding carboxylic acids is 3. The Labute approximate surface area is 111 Å². The molecule has 0 atom stereocenters. The summed E-state index contributed by atoms with van der Waals surface area (Å²) in [6.07, 6.45) is 3.88. The van der Waals surface area contributed by atoms with E-state index in [1.54, 1.807) is 0 Å². The average Bonchev–Trinajstić information content (AvgIpc) is 2.66. The van der Waals surface area contributed by atoms with Crippen LogP contribution in [0.5, 0.6) is 0 Å². The first-order valence-electron chi connectivity index (χ1n) is 5.98. The van der Waals surface area contributed by atoms with Crippen LogP contribution in [0.15, 0.2) is 17.3 Å². The summed E-state index contributed by atoms with van der Waals surface area (Å²) in [5.41, 5.74) is 0. The lowest BCUT2D eigenvalue weighted by Gasteiger charge is -2.12. The molecule has 0 aliphatic carbocycles. The summed E-state index contributed by atoms with van der Waals surface area (Å²) >= 11 is 0. The minimum atomic E-state index is -0.385. The monoisotopic (exact) mass is 267 g/mol. The Balaban J connectivity index is 2.16. The quantitative estimate of drug-likeness (QED) is 0.394. The second kappa shape index (κ2) is 7.30. The minimum absolute atomic E-state index is 0.00774. The van der Waals surface area contributed by atoms with Crippen LogP contribution in [-0.4, -0.2) is 48.0 Å². The molecule has 0 aromatic rings. The molecule has 0 saturated carbocycles. The van der Waals surface area contributed by atoms with E-state index in [9.17, 15) is 14.4 Å². The lowest BCUT2D eigenvalue weighted by Crippen LogP contribution is -2.35. The molecule has 1 N–H and O–H groups in total. The van der Waals surface area contributed by atoms with E-state index < -0.39 is 0 Å². The summed E-state index contributed by atoms with van der Waals surface area (Å²) in [6.45, 7) is 4.00. The molecule has 1 rings (SSSR count). The van der Waals surface area contributed by atoms with E-state index in [-0.39, 0.29) is 43.3 Å². The predicted molar refractivity (Wildman–Crippen MR) is 68.2 cm³/mol. The van der Waals surface area contributed by atoms with Crippen molar-refractivity contribution in [3.8, 4) is 0 Å². The maximum absolute atomic E-state index is 11.4. The number of oxime groups is 1. The van der Waals surface area contributed by atoms with Crippen molar-refractivity contribution in [2.75, 3.05) is 13.1 Å². The molecule has 7 heteroatoms. The van der Waals surface area contributed by atoms with Crippen molar-refractivity contribution in [3.63, 3.8) is 0 Å². The van der Waals surface area contributed by atoms with Gasteiger partial charge in [-0.2, -0.15) is 0 Å². The van der Waals surface area contributed by atoms with E-state index in [4.69, 9.17) is 4.84 Å². The third kappa shape index (κ3) is 5.33. The number of carbonyl (C=O) groups is 3. The van der Waals surface area contributed by atoms with Crippen molar-refractivity contribution in [2.24, 2.45) is 5.16 Å². The third-order valence-corrected chi connectivity index (χ3v) is 2.20. The number of imide groups is 1. The highest BCUT2D eigenvalue weighted by Gasteiger charge is 2.23. The summed E-state index contributed by atoms with van der Waals surface area (Å²) in [4.78, 5) is 39.8. The van der Waals surface area contributed by atoms with Gasteiger partial charge in [-0.05, 0) is 13.8 Å². The van der Waals surface area contributed by atoms with Gasteiger partial charge in [0, 0.05) is 25.1 Å². The molecule has 1 aliphatic rings. The van der Waals surface area contributed by atoms with Crippen molar-refractivity contribution in [3.05, 3.63) is 12.2 Å². The van der Waals surface area contributed by atoms with E-state index in [2.05, 4.69) is 10.5 Å². The Morgan fingerprint density at radius 1 is 1.42 bits per heavy atom. The highest BCUT2D eigenvalue weighted by atomic mass is 16.6. The minimum Gasteiger partial charge on any atom is -0.393 e. The molecule has 3 amide bonds. The van der Waals surface area contributed by atoms with Crippen molar-refractivity contribution in [1.82, 2.24) is 10.2 Å². The lowest BCUT2D eigenvalue weighted by molar-refractivity contribution is -0.137. The largest absolute Gasteiger partial charge is 0.393 e. The van der Waals surface area contributed by atoms with Crippen molar-refractivity contribution in [2.45, 2.75) is 26.4 Å². The zero-order valence-electron chi connectivity index (χ0n) is 11.0. The first kappa shape index (κ1) is 14.9. The van der Waals surface area contributed by atoms with E-state index in [0.717, 1.165) is 4.90 Å². The second-order valence-electron chi connectivity index (χ2n) is 4.16. The fraction of sp³-hybridized carbons (Fsp3) is 0.500. The number of hydrogen-bond donors (Lipinski definition) is 1. The van der Waals surface area contributed by atoms with Crippen LogP contribution in [0.2, 0.25) is 0 Å².